The van der Waals surface area contributed by atoms with Crippen LogP contribution in [0.2, 0.25) is 0 Å². The molecule has 1 unspecified atom stereocenters. The Kier molecular flexibility index (Phi) is 11.3. The lowest BCUT2D eigenvalue weighted by atomic mass is 10.0. The quantitative estimate of drug-likeness (QED) is 0.426. The summed E-state index contributed by atoms with van der Waals surface area (Å²) in [6, 6.07) is 0. The van der Waals surface area contributed by atoms with Crippen molar-refractivity contribution in [1.29, 1.82) is 0 Å². The fourth-order valence-electron chi connectivity index (χ4n) is 2.05. The van der Waals surface area contributed by atoms with Gasteiger partial charge in [0, 0.05) is 13.3 Å². The van der Waals surface area contributed by atoms with Crippen LogP contribution < -0.4 is 0 Å². The van der Waals surface area contributed by atoms with E-state index in [2.05, 4.69) is 11.7 Å². The van der Waals surface area contributed by atoms with Crippen LogP contribution in [0.4, 0.5) is 0 Å². The van der Waals surface area contributed by atoms with Crippen molar-refractivity contribution < 1.29 is 19.1 Å². The number of ether oxygens (including phenoxy) is 2. The van der Waals surface area contributed by atoms with Gasteiger partial charge in [0.25, 0.3) is 0 Å². The molecular formula is C15H28O4. The average Bonchev–Trinajstić information content (AvgIpc) is 2.37. The molecule has 0 saturated carbocycles. The van der Waals surface area contributed by atoms with Gasteiger partial charge in [-0.05, 0) is 25.7 Å². The van der Waals surface area contributed by atoms with Crippen molar-refractivity contribution in [1.82, 2.24) is 0 Å². The summed E-state index contributed by atoms with van der Waals surface area (Å²) in [6.07, 6.45) is 8.68. The van der Waals surface area contributed by atoms with E-state index in [1.54, 1.807) is 0 Å². The Morgan fingerprint density at radius 1 is 1.00 bits per heavy atom. The Morgan fingerprint density at radius 2 is 1.63 bits per heavy atom. The summed E-state index contributed by atoms with van der Waals surface area (Å²) in [5.74, 6) is -0.443. The molecule has 0 aromatic heterocycles. The first-order valence-corrected chi connectivity index (χ1v) is 7.34. The van der Waals surface area contributed by atoms with E-state index >= 15 is 0 Å². The number of hydrogen-bond donors (Lipinski definition) is 0. The van der Waals surface area contributed by atoms with E-state index in [4.69, 9.17) is 4.74 Å². The van der Waals surface area contributed by atoms with Gasteiger partial charge in [0.1, 0.15) is 6.10 Å². The molecule has 0 fully saturated rings. The van der Waals surface area contributed by atoms with Crippen LogP contribution in [0.5, 0.6) is 0 Å². The van der Waals surface area contributed by atoms with Gasteiger partial charge in [0.2, 0.25) is 0 Å². The second-order valence-electron chi connectivity index (χ2n) is 4.90. The number of methoxy groups -OCH3 is 1. The van der Waals surface area contributed by atoms with Gasteiger partial charge in [-0.1, -0.05) is 32.6 Å². The highest BCUT2D eigenvalue weighted by Gasteiger charge is 2.12. The molecular weight excluding hydrogens is 244 g/mol. The number of carbonyl (C=O) groups excluding carboxylic acids is 2. The summed E-state index contributed by atoms with van der Waals surface area (Å²) in [6.45, 7) is 3.62. The Morgan fingerprint density at radius 3 is 2.21 bits per heavy atom. The highest BCUT2D eigenvalue weighted by Crippen LogP contribution is 2.15. The van der Waals surface area contributed by atoms with Gasteiger partial charge in [-0.2, -0.15) is 0 Å². The molecule has 0 radical (unpaired) electrons. The van der Waals surface area contributed by atoms with Crippen molar-refractivity contribution in [3.63, 3.8) is 0 Å². The molecule has 0 N–H and O–H groups in total. The largest absolute Gasteiger partial charge is 0.469 e. The lowest BCUT2D eigenvalue weighted by molar-refractivity contribution is -0.147. The molecule has 0 aliphatic heterocycles. The number of hydrogen-bond acceptors (Lipinski definition) is 4. The first-order valence-electron chi connectivity index (χ1n) is 7.34. The summed E-state index contributed by atoms with van der Waals surface area (Å²) >= 11 is 0. The third-order valence-corrected chi connectivity index (χ3v) is 3.10. The van der Waals surface area contributed by atoms with Gasteiger partial charge < -0.3 is 9.47 Å². The topological polar surface area (TPSA) is 52.6 Å². The third kappa shape index (κ3) is 11.7. The number of rotatable bonds is 11. The molecule has 0 bridgehead atoms. The smallest absolute Gasteiger partial charge is 0.305 e. The van der Waals surface area contributed by atoms with E-state index in [0.29, 0.717) is 12.8 Å². The van der Waals surface area contributed by atoms with E-state index in [1.807, 2.05) is 0 Å². The van der Waals surface area contributed by atoms with Crippen LogP contribution >= 0.6 is 0 Å². The van der Waals surface area contributed by atoms with Crippen LogP contribution in [-0.2, 0) is 19.1 Å². The maximum Gasteiger partial charge on any atom is 0.305 e. The molecule has 0 aromatic carbocycles. The van der Waals surface area contributed by atoms with Crippen LogP contribution in [0.25, 0.3) is 0 Å². The van der Waals surface area contributed by atoms with Crippen molar-refractivity contribution >= 4 is 11.9 Å². The zero-order valence-electron chi connectivity index (χ0n) is 12.6. The molecule has 0 aromatic rings. The minimum atomic E-state index is -0.239. The second kappa shape index (κ2) is 12.0. The van der Waals surface area contributed by atoms with Crippen molar-refractivity contribution in [2.75, 3.05) is 7.11 Å². The van der Waals surface area contributed by atoms with E-state index < -0.39 is 0 Å². The summed E-state index contributed by atoms with van der Waals surface area (Å²) in [7, 11) is 1.39. The maximum atomic E-state index is 11.0. The molecule has 0 heterocycles. The fraction of sp³-hybridized carbons (Fsp3) is 0.867. The summed E-state index contributed by atoms with van der Waals surface area (Å²) in [4.78, 5) is 22.0. The Labute approximate surface area is 116 Å². The van der Waals surface area contributed by atoms with E-state index in [9.17, 15) is 9.59 Å². The highest BCUT2D eigenvalue weighted by atomic mass is 16.5. The molecule has 0 amide bonds. The average molecular weight is 272 g/mol. The SMILES string of the molecule is CCCCCCCC(CCCC(=O)OC)OC(C)=O. The first-order chi connectivity index (χ1) is 9.10. The Balaban J connectivity index is 3.81. The van der Waals surface area contributed by atoms with E-state index in [-0.39, 0.29) is 18.0 Å². The zero-order chi connectivity index (χ0) is 14.5. The molecule has 19 heavy (non-hydrogen) atoms. The zero-order valence-corrected chi connectivity index (χ0v) is 12.6. The van der Waals surface area contributed by atoms with Crippen LogP contribution in [0.3, 0.4) is 0 Å². The molecule has 4 nitrogen and oxygen atoms in total. The van der Waals surface area contributed by atoms with Gasteiger partial charge in [-0.25, -0.2) is 0 Å². The normalized spacial score (nSPS) is 11.9. The third-order valence-electron chi connectivity index (χ3n) is 3.10. The number of esters is 2. The van der Waals surface area contributed by atoms with Crippen molar-refractivity contribution in [3.8, 4) is 0 Å². The van der Waals surface area contributed by atoms with Crippen LogP contribution in [0, 0.1) is 0 Å². The molecule has 0 aliphatic carbocycles. The lowest BCUT2D eigenvalue weighted by Gasteiger charge is -2.16. The predicted octanol–water partition coefficient (Wildman–Crippen LogP) is 3.62. The van der Waals surface area contributed by atoms with Crippen molar-refractivity contribution in [2.24, 2.45) is 0 Å². The van der Waals surface area contributed by atoms with Gasteiger partial charge >= 0.3 is 11.9 Å². The standard InChI is InChI=1S/C15H28O4/c1-4-5-6-7-8-10-14(19-13(2)16)11-9-12-15(17)18-3/h14H,4-12H2,1-3H3. The fourth-order valence-corrected chi connectivity index (χ4v) is 2.05. The van der Waals surface area contributed by atoms with Crippen molar-refractivity contribution in [2.45, 2.75) is 77.7 Å². The van der Waals surface area contributed by atoms with Crippen LogP contribution in [-0.4, -0.2) is 25.2 Å². The summed E-state index contributed by atoms with van der Waals surface area (Å²) < 4.78 is 9.87. The summed E-state index contributed by atoms with van der Waals surface area (Å²) in [5, 5.41) is 0. The van der Waals surface area contributed by atoms with Crippen LogP contribution in [0.15, 0.2) is 0 Å². The molecule has 0 spiro atoms. The molecule has 4 heteroatoms. The second-order valence-corrected chi connectivity index (χ2v) is 4.90. The highest BCUT2D eigenvalue weighted by molar-refractivity contribution is 5.69. The molecule has 0 saturated heterocycles. The van der Waals surface area contributed by atoms with Gasteiger partial charge in [0.15, 0.2) is 0 Å². The van der Waals surface area contributed by atoms with Crippen molar-refractivity contribution in [3.05, 3.63) is 0 Å². The monoisotopic (exact) mass is 272 g/mol. The van der Waals surface area contributed by atoms with Crippen LogP contribution in [0.1, 0.15) is 71.6 Å². The Hall–Kier alpha value is -1.06. The van der Waals surface area contributed by atoms with E-state index in [1.165, 1.54) is 39.7 Å². The molecule has 0 rings (SSSR count). The molecule has 112 valence electrons. The number of unbranched alkanes of at least 4 members (excludes halogenated alkanes) is 4. The summed E-state index contributed by atoms with van der Waals surface area (Å²) in [5.41, 5.74) is 0. The van der Waals surface area contributed by atoms with E-state index in [0.717, 1.165) is 19.3 Å². The lowest BCUT2D eigenvalue weighted by Crippen LogP contribution is -2.17. The molecule has 1 atom stereocenters. The first kappa shape index (κ1) is 17.9. The van der Waals surface area contributed by atoms with Gasteiger partial charge in [-0.3, -0.25) is 9.59 Å². The predicted molar refractivity (Wildman–Crippen MR) is 74.8 cm³/mol. The number of carbonyl (C=O) groups is 2. The minimum Gasteiger partial charge on any atom is -0.469 e. The van der Waals surface area contributed by atoms with Gasteiger partial charge in [0.05, 0.1) is 7.11 Å². The molecule has 0 aliphatic rings. The van der Waals surface area contributed by atoms with Gasteiger partial charge in [-0.15, -0.1) is 0 Å². The minimum absolute atomic E-state index is 0.0521. The maximum absolute atomic E-state index is 11.0. The Bertz CT molecular complexity index is 251.